The molecule has 3 N–H and O–H groups in total. The third-order valence-corrected chi connectivity index (χ3v) is 4.68. The van der Waals surface area contributed by atoms with Gasteiger partial charge in [0.05, 0.1) is 34.3 Å². The number of aromatic nitrogens is 4. The summed E-state index contributed by atoms with van der Waals surface area (Å²) >= 11 is 0. The van der Waals surface area contributed by atoms with Crippen molar-refractivity contribution in [3.8, 4) is 22.6 Å². The van der Waals surface area contributed by atoms with E-state index in [9.17, 15) is 0 Å². The van der Waals surface area contributed by atoms with E-state index in [0.717, 1.165) is 33.5 Å². The predicted octanol–water partition coefficient (Wildman–Crippen LogP) is 4.90. The molecule has 2 aromatic heterocycles. The Labute approximate surface area is 163 Å². The zero-order chi connectivity index (χ0) is 19.9. The maximum Gasteiger partial charge on any atom is 0.158 e. The van der Waals surface area contributed by atoms with Gasteiger partial charge in [0.2, 0.25) is 0 Å². The summed E-state index contributed by atoms with van der Waals surface area (Å²) in [4.78, 5) is 21.0. The molecule has 0 aliphatic heterocycles. The lowest BCUT2D eigenvalue weighted by molar-refractivity contribution is 0.565. The molecule has 28 heavy (non-hydrogen) atoms. The minimum absolute atomic E-state index is 0.0349. The second-order valence-electron chi connectivity index (χ2n) is 7.79. The number of hydrogen-bond donors (Lipinski definition) is 2. The fraction of sp³-hybridized carbons (Fsp3) is 0.182. The number of anilines is 1. The normalized spacial score (nSPS) is 11.7. The average Bonchev–Trinajstić information content (AvgIpc) is 3.10. The Morgan fingerprint density at radius 2 is 1.75 bits per heavy atom. The van der Waals surface area contributed by atoms with Gasteiger partial charge < -0.3 is 10.7 Å². The van der Waals surface area contributed by atoms with Crippen molar-refractivity contribution < 1.29 is 0 Å². The number of hydrogen-bond acceptors (Lipinski definition) is 5. The van der Waals surface area contributed by atoms with Crippen LogP contribution in [0.5, 0.6) is 0 Å². The Morgan fingerprint density at radius 1 is 1.00 bits per heavy atom. The molecule has 0 saturated heterocycles. The van der Waals surface area contributed by atoms with E-state index in [-0.39, 0.29) is 5.41 Å². The zero-order valence-corrected chi connectivity index (χ0v) is 16.2. The van der Waals surface area contributed by atoms with Crippen LogP contribution in [0.25, 0.3) is 33.7 Å². The second kappa shape index (κ2) is 6.56. The van der Waals surface area contributed by atoms with Gasteiger partial charge in [-0.25, -0.2) is 9.97 Å². The summed E-state index contributed by atoms with van der Waals surface area (Å²) < 4.78 is 0. The maximum atomic E-state index is 6.04. The fourth-order valence-electron chi connectivity index (χ4n) is 3.03. The van der Waals surface area contributed by atoms with E-state index >= 15 is 0 Å². The van der Waals surface area contributed by atoms with Crippen LogP contribution < -0.4 is 5.73 Å². The van der Waals surface area contributed by atoms with E-state index in [2.05, 4.69) is 58.5 Å². The maximum absolute atomic E-state index is 6.04. The molecule has 0 aliphatic rings. The third kappa shape index (κ3) is 3.24. The first-order chi connectivity index (χ1) is 13.3. The monoisotopic (exact) mass is 370 g/mol. The molecule has 0 saturated carbocycles. The Hall–Kier alpha value is -3.54. The Balaban J connectivity index is 1.70. The Morgan fingerprint density at radius 3 is 2.39 bits per heavy atom. The van der Waals surface area contributed by atoms with Crippen molar-refractivity contribution in [2.45, 2.75) is 26.2 Å². The van der Waals surface area contributed by atoms with Gasteiger partial charge in [0.15, 0.2) is 5.82 Å². The van der Waals surface area contributed by atoms with Crippen LogP contribution in [0.1, 0.15) is 26.5 Å². The molecule has 0 fully saturated rings. The summed E-state index contributed by atoms with van der Waals surface area (Å²) in [6.45, 7) is 9.88. The number of nitrogens with two attached hydrogens (primary N) is 1. The van der Waals surface area contributed by atoms with Crippen LogP contribution in [0.2, 0.25) is 0 Å². The summed E-state index contributed by atoms with van der Waals surface area (Å²) in [5, 5.41) is 0. The van der Waals surface area contributed by atoms with Crippen molar-refractivity contribution in [3.63, 3.8) is 0 Å². The molecule has 2 heterocycles. The molecule has 0 radical (unpaired) electrons. The van der Waals surface area contributed by atoms with Crippen LogP contribution in [0.4, 0.5) is 11.4 Å². The van der Waals surface area contributed by atoms with Gasteiger partial charge in [-0.3, -0.25) is 9.98 Å². The number of rotatable bonds is 3. The number of fused-ring (bicyclic) bond motifs is 1. The third-order valence-electron chi connectivity index (χ3n) is 4.68. The summed E-state index contributed by atoms with van der Waals surface area (Å²) in [5.41, 5.74) is 12.8. The SMILES string of the molecule is C=Nc1ccc(-c2ccc3nc(-c4cnc(C(C)(C)C)cn4)[nH]c3c2)cc1N. The van der Waals surface area contributed by atoms with Crippen molar-refractivity contribution in [1.29, 1.82) is 0 Å². The molecule has 140 valence electrons. The largest absolute Gasteiger partial charge is 0.397 e. The number of aliphatic imine (C=N–C) groups is 1. The second-order valence-corrected chi connectivity index (χ2v) is 7.79. The van der Waals surface area contributed by atoms with E-state index in [1.807, 2.05) is 36.5 Å². The first-order valence-corrected chi connectivity index (χ1v) is 9.04. The molecule has 0 unspecified atom stereocenters. The highest BCUT2D eigenvalue weighted by atomic mass is 15.0. The minimum Gasteiger partial charge on any atom is -0.397 e. The average molecular weight is 370 g/mol. The quantitative estimate of drug-likeness (QED) is 0.396. The van der Waals surface area contributed by atoms with Crippen molar-refractivity contribution in [2.24, 2.45) is 4.99 Å². The summed E-state index contributed by atoms with van der Waals surface area (Å²) in [6, 6.07) is 11.8. The van der Waals surface area contributed by atoms with E-state index in [1.165, 1.54) is 0 Å². The molecule has 0 bridgehead atoms. The number of nitrogens with zero attached hydrogens (tertiary/aromatic N) is 4. The van der Waals surface area contributed by atoms with Gasteiger partial charge in [-0.05, 0) is 42.1 Å². The molecule has 0 amide bonds. The summed E-state index contributed by atoms with van der Waals surface area (Å²) in [6.07, 6.45) is 3.58. The van der Waals surface area contributed by atoms with Crippen LogP contribution >= 0.6 is 0 Å². The van der Waals surface area contributed by atoms with Gasteiger partial charge in [-0.1, -0.05) is 32.9 Å². The van der Waals surface area contributed by atoms with Crippen molar-refractivity contribution in [3.05, 3.63) is 54.5 Å². The van der Waals surface area contributed by atoms with Crippen molar-refractivity contribution in [2.75, 3.05) is 5.73 Å². The predicted molar refractivity (Wildman–Crippen MR) is 115 cm³/mol. The van der Waals surface area contributed by atoms with E-state index in [1.54, 1.807) is 6.20 Å². The molecular weight excluding hydrogens is 348 g/mol. The van der Waals surface area contributed by atoms with Crippen LogP contribution in [-0.2, 0) is 5.41 Å². The molecule has 2 aromatic carbocycles. The number of aromatic amines is 1. The number of H-pyrrole nitrogens is 1. The molecule has 0 atom stereocenters. The number of imidazole rings is 1. The highest BCUT2D eigenvalue weighted by molar-refractivity contribution is 5.85. The lowest BCUT2D eigenvalue weighted by Gasteiger charge is -2.16. The van der Waals surface area contributed by atoms with Crippen LogP contribution in [0.3, 0.4) is 0 Å². The van der Waals surface area contributed by atoms with Gasteiger partial charge in [0.1, 0.15) is 5.69 Å². The number of nitrogen functional groups attached to an aromatic ring is 1. The smallest absolute Gasteiger partial charge is 0.158 e. The van der Waals surface area contributed by atoms with Crippen LogP contribution in [0.15, 0.2) is 53.8 Å². The highest BCUT2D eigenvalue weighted by Crippen LogP contribution is 2.30. The molecule has 0 aliphatic carbocycles. The lowest BCUT2D eigenvalue weighted by atomic mass is 9.93. The molecule has 6 heteroatoms. The molecule has 4 aromatic rings. The number of nitrogens with one attached hydrogen (secondary N) is 1. The summed E-state index contributed by atoms with van der Waals surface area (Å²) in [5.74, 6) is 0.700. The Kier molecular flexibility index (Phi) is 4.19. The topological polar surface area (TPSA) is 92.8 Å². The Bertz CT molecular complexity index is 1170. The first-order valence-electron chi connectivity index (χ1n) is 9.04. The van der Waals surface area contributed by atoms with Crippen LogP contribution in [-0.4, -0.2) is 26.7 Å². The van der Waals surface area contributed by atoms with Gasteiger partial charge in [0, 0.05) is 11.6 Å². The highest BCUT2D eigenvalue weighted by Gasteiger charge is 2.16. The van der Waals surface area contributed by atoms with Gasteiger partial charge in [-0.15, -0.1) is 0 Å². The number of benzene rings is 2. The molecule has 4 rings (SSSR count). The van der Waals surface area contributed by atoms with E-state index in [0.29, 0.717) is 17.2 Å². The van der Waals surface area contributed by atoms with Crippen LogP contribution in [0, 0.1) is 0 Å². The van der Waals surface area contributed by atoms with E-state index < -0.39 is 0 Å². The van der Waals surface area contributed by atoms with Gasteiger partial charge in [-0.2, -0.15) is 0 Å². The fourth-order valence-corrected chi connectivity index (χ4v) is 3.03. The van der Waals surface area contributed by atoms with E-state index in [4.69, 9.17) is 5.73 Å². The summed E-state index contributed by atoms with van der Waals surface area (Å²) in [7, 11) is 0. The van der Waals surface area contributed by atoms with Crippen molar-refractivity contribution >= 4 is 29.1 Å². The standard InChI is InChI=1S/C22H22N6/c1-22(2,3)20-12-25-19(11-26-20)21-27-17-8-6-14(10-18(17)28-21)13-5-7-16(24-4)15(23)9-13/h5-12H,4,23H2,1-3H3,(H,27,28). The van der Waals surface area contributed by atoms with Gasteiger partial charge in [0.25, 0.3) is 0 Å². The zero-order valence-electron chi connectivity index (χ0n) is 16.2. The molecule has 0 spiro atoms. The molecular formula is C22H22N6. The minimum atomic E-state index is -0.0349. The van der Waals surface area contributed by atoms with Gasteiger partial charge >= 0.3 is 0 Å². The lowest BCUT2D eigenvalue weighted by Crippen LogP contribution is -2.13. The van der Waals surface area contributed by atoms with Crippen molar-refractivity contribution in [1.82, 2.24) is 19.9 Å². The molecule has 6 nitrogen and oxygen atoms in total. The first kappa shape index (κ1) is 17.9.